The number of halogens is 1. The first kappa shape index (κ1) is 16.9. The van der Waals surface area contributed by atoms with Gasteiger partial charge in [0.15, 0.2) is 6.29 Å². The van der Waals surface area contributed by atoms with Crippen LogP contribution < -0.4 is 0 Å². The smallest absolute Gasteiger partial charge is 0.169 e. The van der Waals surface area contributed by atoms with Gasteiger partial charge in [-0.1, -0.05) is 12.1 Å². The summed E-state index contributed by atoms with van der Waals surface area (Å²) in [6.07, 6.45) is 3.00. The third-order valence-electron chi connectivity index (χ3n) is 3.83. The van der Waals surface area contributed by atoms with Crippen LogP contribution in [-0.2, 0) is 6.42 Å². The Morgan fingerprint density at radius 3 is 2.83 bits per heavy atom. The minimum absolute atomic E-state index is 0.0370. The van der Waals surface area contributed by atoms with E-state index in [9.17, 15) is 4.79 Å². The van der Waals surface area contributed by atoms with Crippen LogP contribution in [0.15, 0.2) is 47.6 Å². The summed E-state index contributed by atoms with van der Waals surface area (Å²) in [5.74, 6) is 0. The molecule has 1 aromatic heterocycles. The Kier molecular flexibility index (Phi) is 5.17. The average molecular weight is 357 g/mol. The van der Waals surface area contributed by atoms with Gasteiger partial charge in [-0.3, -0.25) is 4.79 Å². The number of aryl methyl sites for hydroxylation is 1. The van der Waals surface area contributed by atoms with Crippen molar-refractivity contribution in [2.45, 2.75) is 29.9 Å². The van der Waals surface area contributed by atoms with Crippen LogP contribution >= 0.6 is 23.4 Å². The molecule has 1 unspecified atom stereocenters. The first-order valence-corrected chi connectivity index (χ1v) is 8.97. The maximum absolute atomic E-state index is 11.2. The molecule has 0 N–H and O–H groups in total. The van der Waals surface area contributed by atoms with Crippen molar-refractivity contribution in [1.82, 2.24) is 9.97 Å². The standard InChI is InChI=1S/C19H17ClN2OS/c1-12-6-18-17(19(10-23)22-11-21-18)9-15(12)7-14-4-3-5-16(8-14)24-13(2)20/h3-6,8-11,13H,7H2,1-2H3. The molecule has 0 aliphatic carbocycles. The Labute approximate surface area is 150 Å². The topological polar surface area (TPSA) is 42.9 Å². The van der Waals surface area contributed by atoms with Gasteiger partial charge in [0.05, 0.1) is 10.2 Å². The molecule has 0 aliphatic rings. The van der Waals surface area contributed by atoms with Crippen molar-refractivity contribution in [2.75, 3.05) is 0 Å². The number of hydrogen-bond donors (Lipinski definition) is 0. The molecule has 24 heavy (non-hydrogen) atoms. The Morgan fingerprint density at radius 2 is 2.08 bits per heavy atom. The zero-order valence-corrected chi connectivity index (χ0v) is 15.1. The molecule has 5 heteroatoms. The quantitative estimate of drug-likeness (QED) is 0.366. The van der Waals surface area contributed by atoms with Crippen molar-refractivity contribution in [3.63, 3.8) is 0 Å². The molecule has 0 spiro atoms. The van der Waals surface area contributed by atoms with Gasteiger partial charge in [0.1, 0.15) is 12.0 Å². The first-order chi connectivity index (χ1) is 11.6. The van der Waals surface area contributed by atoms with E-state index in [1.54, 1.807) is 11.8 Å². The number of hydrogen-bond acceptors (Lipinski definition) is 4. The van der Waals surface area contributed by atoms with Gasteiger partial charge in [-0.25, -0.2) is 9.97 Å². The third-order valence-corrected chi connectivity index (χ3v) is 4.95. The monoisotopic (exact) mass is 356 g/mol. The fourth-order valence-electron chi connectivity index (χ4n) is 2.69. The van der Waals surface area contributed by atoms with Crippen molar-refractivity contribution in [2.24, 2.45) is 0 Å². The summed E-state index contributed by atoms with van der Waals surface area (Å²) in [6, 6.07) is 12.4. The van der Waals surface area contributed by atoms with E-state index in [1.807, 2.05) is 25.1 Å². The number of benzene rings is 2. The lowest BCUT2D eigenvalue weighted by molar-refractivity contribution is 0.112. The van der Waals surface area contributed by atoms with E-state index < -0.39 is 0 Å². The van der Waals surface area contributed by atoms with Gasteiger partial charge >= 0.3 is 0 Å². The molecule has 0 saturated carbocycles. The summed E-state index contributed by atoms with van der Waals surface area (Å²) >= 11 is 7.70. The highest BCUT2D eigenvalue weighted by atomic mass is 35.5. The van der Waals surface area contributed by atoms with Crippen molar-refractivity contribution < 1.29 is 4.79 Å². The fraction of sp³-hybridized carbons (Fsp3) is 0.211. The zero-order chi connectivity index (χ0) is 17.1. The molecule has 0 aliphatic heterocycles. The highest BCUT2D eigenvalue weighted by molar-refractivity contribution is 8.01. The predicted molar refractivity (Wildman–Crippen MR) is 100 cm³/mol. The molecule has 0 amide bonds. The number of carbonyl (C=O) groups is 1. The van der Waals surface area contributed by atoms with E-state index in [1.165, 1.54) is 17.5 Å². The summed E-state index contributed by atoms with van der Waals surface area (Å²) < 4.78 is 0.0370. The van der Waals surface area contributed by atoms with E-state index >= 15 is 0 Å². The van der Waals surface area contributed by atoms with Crippen molar-refractivity contribution in [1.29, 1.82) is 0 Å². The number of fused-ring (bicyclic) bond motifs is 1. The number of thioether (sulfide) groups is 1. The van der Waals surface area contributed by atoms with Crippen LogP contribution in [0.3, 0.4) is 0 Å². The maximum Gasteiger partial charge on any atom is 0.169 e. The summed E-state index contributed by atoms with van der Waals surface area (Å²) in [4.78, 5) is 20.7. The van der Waals surface area contributed by atoms with Crippen LogP contribution in [0.5, 0.6) is 0 Å². The fourth-order valence-corrected chi connectivity index (χ4v) is 3.75. The van der Waals surface area contributed by atoms with E-state index in [0.29, 0.717) is 5.69 Å². The molecule has 0 bridgehead atoms. The number of carbonyl (C=O) groups excluding carboxylic acids is 1. The number of aldehydes is 1. The molecule has 3 aromatic rings. The normalized spacial score (nSPS) is 12.3. The Bertz CT molecular complexity index is 896. The van der Waals surface area contributed by atoms with Crippen LogP contribution in [0.2, 0.25) is 0 Å². The average Bonchev–Trinajstić information content (AvgIpc) is 2.54. The van der Waals surface area contributed by atoms with Gasteiger partial charge in [-0.2, -0.15) is 0 Å². The molecule has 3 rings (SSSR count). The molecule has 0 fully saturated rings. The summed E-state index contributed by atoms with van der Waals surface area (Å²) in [5, 5.41) is 0.799. The van der Waals surface area contributed by atoms with Gasteiger partial charge < -0.3 is 0 Å². The molecule has 2 aromatic carbocycles. The summed E-state index contributed by atoms with van der Waals surface area (Å²) in [7, 11) is 0. The highest BCUT2D eigenvalue weighted by Crippen LogP contribution is 2.28. The highest BCUT2D eigenvalue weighted by Gasteiger charge is 2.09. The second-order valence-corrected chi connectivity index (χ2v) is 7.99. The number of nitrogens with zero attached hydrogens (tertiary/aromatic N) is 2. The van der Waals surface area contributed by atoms with Crippen LogP contribution in [0, 0.1) is 6.92 Å². The molecule has 0 saturated heterocycles. The minimum Gasteiger partial charge on any atom is -0.296 e. The van der Waals surface area contributed by atoms with Crippen molar-refractivity contribution in [3.8, 4) is 0 Å². The predicted octanol–water partition coefficient (Wildman–Crippen LogP) is 5.02. The second-order valence-electron chi connectivity index (χ2n) is 5.66. The lowest BCUT2D eigenvalue weighted by Crippen LogP contribution is -1.97. The van der Waals surface area contributed by atoms with Gasteiger partial charge in [-0.15, -0.1) is 23.4 Å². The molecule has 1 atom stereocenters. The second kappa shape index (κ2) is 7.32. The number of aromatic nitrogens is 2. The molecular formula is C19H17ClN2OS. The summed E-state index contributed by atoms with van der Waals surface area (Å²) in [6.45, 7) is 4.03. The maximum atomic E-state index is 11.2. The van der Waals surface area contributed by atoms with Crippen LogP contribution in [0.1, 0.15) is 34.1 Å². The molecule has 122 valence electrons. The zero-order valence-electron chi connectivity index (χ0n) is 13.5. The first-order valence-electron chi connectivity index (χ1n) is 7.66. The Hall–Kier alpha value is -1.91. The molecular weight excluding hydrogens is 340 g/mol. The van der Waals surface area contributed by atoms with Crippen molar-refractivity contribution in [3.05, 3.63) is 65.1 Å². The van der Waals surface area contributed by atoms with Crippen LogP contribution in [0.25, 0.3) is 10.9 Å². The Balaban J connectivity index is 1.98. The van der Waals surface area contributed by atoms with E-state index in [4.69, 9.17) is 11.6 Å². The molecule has 3 nitrogen and oxygen atoms in total. The van der Waals surface area contributed by atoms with Crippen LogP contribution in [0.4, 0.5) is 0 Å². The number of alkyl halides is 1. The van der Waals surface area contributed by atoms with Gasteiger partial charge in [-0.05, 0) is 61.2 Å². The molecule has 1 heterocycles. The minimum atomic E-state index is 0.0370. The SMILES string of the molecule is Cc1cc2ncnc(C=O)c2cc1Cc1cccc(SC(C)Cl)c1. The van der Waals surface area contributed by atoms with Gasteiger partial charge in [0, 0.05) is 10.3 Å². The summed E-state index contributed by atoms with van der Waals surface area (Å²) in [5.41, 5.74) is 4.77. The van der Waals surface area contributed by atoms with E-state index in [2.05, 4.69) is 35.1 Å². The van der Waals surface area contributed by atoms with Crippen LogP contribution in [-0.4, -0.2) is 21.0 Å². The van der Waals surface area contributed by atoms with E-state index in [0.717, 1.165) is 34.1 Å². The van der Waals surface area contributed by atoms with Crippen molar-refractivity contribution >= 4 is 40.6 Å². The largest absolute Gasteiger partial charge is 0.296 e. The number of rotatable bonds is 5. The van der Waals surface area contributed by atoms with Gasteiger partial charge in [0.25, 0.3) is 0 Å². The lowest BCUT2D eigenvalue weighted by atomic mass is 9.98. The lowest BCUT2D eigenvalue weighted by Gasteiger charge is -2.10. The Morgan fingerprint density at radius 1 is 1.25 bits per heavy atom. The molecule has 0 radical (unpaired) electrons. The third kappa shape index (κ3) is 3.77. The van der Waals surface area contributed by atoms with E-state index in [-0.39, 0.29) is 4.71 Å². The van der Waals surface area contributed by atoms with Gasteiger partial charge in [0.2, 0.25) is 0 Å².